The molecule has 1 N–H and O–H groups in total. The third kappa shape index (κ3) is 4.52. The normalized spacial score (nSPS) is 11.6. The second-order valence-corrected chi connectivity index (χ2v) is 4.07. The lowest BCUT2D eigenvalue weighted by Gasteiger charge is -2.19. The van der Waals surface area contributed by atoms with Crippen molar-refractivity contribution in [1.82, 2.24) is 10.3 Å². The molecule has 1 aromatic rings. The summed E-state index contributed by atoms with van der Waals surface area (Å²) in [5, 5.41) is 3.19. The lowest BCUT2D eigenvalue weighted by atomic mass is 10.2. The Bertz CT molecular complexity index is 366. The van der Waals surface area contributed by atoms with E-state index in [1.54, 1.807) is 11.9 Å². The molecule has 1 rings (SSSR count). The third-order valence-electron chi connectivity index (χ3n) is 2.51. The van der Waals surface area contributed by atoms with Crippen LogP contribution in [0.5, 0.6) is 0 Å². The van der Waals surface area contributed by atoms with Crippen molar-refractivity contribution in [2.75, 3.05) is 31.6 Å². The number of pyridine rings is 1. The highest BCUT2D eigenvalue weighted by Gasteiger charge is 2.30. The Hall–Kier alpha value is -1.30. The van der Waals surface area contributed by atoms with Gasteiger partial charge < -0.3 is 10.2 Å². The number of halogens is 3. The average Bonchev–Trinajstić information content (AvgIpc) is 2.33. The van der Waals surface area contributed by atoms with E-state index in [0.29, 0.717) is 12.4 Å². The highest BCUT2D eigenvalue weighted by molar-refractivity contribution is 5.40. The zero-order valence-electron chi connectivity index (χ0n) is 10.6. The molecule has 0 aliphatic rings. The monoisotopic (exact) mass is 261 g/mol. The molecule has 1 aromatic heterocycles. The first kappa shape index (κ1) is 14.8. The standard InChI is InChI=1S/C12H18F3N3/c1-3-5-16-7-8-18(2)11-9-10(4-6-17-11)12(13,14)15/h4,6,9,16H,3,5,7-8H2,1-2H3. The average molecular weight is 261 g/mol. The summed E-state index contributed by atoms with van der Waals surface area (Å²) in [5.74, 6) is 0.336. The van der Waals surface area contributed by atoms with Gasteiger partial charge in [0.05, 0.1) is 5.56 Å². The molecule has 0 bridgehead atoms. The molecular formula is C12H18F3N3. The summed E-state index contributed by atoms with van der Waals surface area (Å²) < 4.78 is 37.6. The van der Waals surface area contributed by atoms with Gasteiger partial charge in [-0.3, -0.25) is 0 Å². The summed E-state index contributed by atoms with van der Waals surface area (Å²) >= 11 is 0. The van der Waals surface area contributed by atoms with Crippen LogP contribution in [0, 0.1) is 0 Å². The maximum atomic E-state index is 12.5. The number of nitrogens with zero attached hydrogens (tertiary/aromatic N) is 2. The minimum atomic E-state index is -4.32. The number of anilines is 1. The number of aromatic nitrogens is 1. The fraction of sp³-hybridized carbons (Fsp3) is 0.583. The molecule has 18 heavy (non-hydrogen) atoms. The zero-order valence-corrected chi connectivity index (χ0v) is 10.6. The van der Waals surface area contributed by atoms with Gasteiger partial charge in [-0.15, -0.1) is 0 Å². The van der Waals surface area contributed by atoms with E-state index >= 15 is 0 Å². The summed E-state index contributed by atoms with van der Waals surface area (Å²) in [6, 6.07) is 2.05. The Morgan fingerprint density at radius 1 is 1.33 bits per heavy atom. The largest absolute Gasteiger partial charge is 0.416 e. The van der Waals surface area contributed by atoms with Crippen LogP contribution in [0.2, 0.25) is 0 Å². The summed E-state index contributed by atoms with van der Waals surface area (Å²) in [5.41, 5.74) is -0.666. The van der Waals surface area contributed by atoms with E-state index in [1.165, 1.54) is 6.20 Å². The predicted molar refractivity (Wildman–Crippen MR) is 65.7 cm³/mol. The smallest absolute Gasteiger partial charge is 0.358 e. The fourth-order valence-electron chi connectivity index (χ4n) is 1.47. The van der Waals surface area contributed by atoms with Gasteiger partial charge in [-0.2, -0.15) is 13.2 Å². The number of rotatable bonds is 6. The number of alkyl halides is 3. The topological polar surface area (TPSA) is 28.2 Å². The fourth-order valence-corrected chi connectivity index (χ4v) is 1.47. The van der Waals surface area contributed by atoms with Crippen molar-refractivity contribution < 1.29 is 13.2 Å². The van der Waals surface area contributed by atoms with Crippen molar-refractivity contribution in [2.45, 2.75) is 19.5 Å². The summed E-state index contributed by atoms with van der Waals surface area (Å²) in [7, 11) is 1.73. The van der Waals surface area contributed by atoms with Crippen molar-refractivity contribution in [3.63, 3.8) is 0 Å². The zero-order chi connectivity index (χ0) is 13.6. The minimum Gasteiger partial charge on any atom is -0.358 e. The van der Waals surface area contributed by atoms with Gasteiger partial charge in [0.2, 0.25) is 0 Å². The van der Waals surface area contributed by atoms with Crippen LogP contribution < -0.4 is 10.2 Å². The molecule has 102 valence electrons. The van der Waals surface area contributed by atoms with Crippen LogP contribution in [0.1, 0.15) is 18.9 Å². The number of nitrogens with one attached hydrogen (secondary N) is 1. The van der Waals surface area contributed by atoms with E-state index in [4.69, 9.17) is 0 Å². The van der Waals surface area contributed by atoms with Gasteiger partial charge in [0.15, 0.2) is 0 Å². The molecule has 0 amide bonds. The van der Waals surface area contributed by atoms with Crippen LogP contribution in [-0.2, 0) is 6.18 Å². The van der Waals surface area contributed by atoms with Gasteiger partial charge in [-0.1, -0.05) is 6.92 Å². The molecule has 0 spiro atoms. The van der Waals surface area contributed by atoms with Crippen molar-refractivity contribution in [3.05, 3.63) is 23.9 Å². The van der Waals surface area contributed by atoms with E-state index in [1.807, 2.05) is 0 Å². The number of likely N-dealkylation sites (N-methyl/N-ethyl adjacent to an activating group) is 1. The Kier molecular flexibility index (Phi) is 5.40. The molecule has 0 aromatic carbocycles. The number of hydrogen-bond donors (Lipinski definition) is 1. The minimum absolute atomic E-state index is 0.336. The first-order chi connectivity index (χ1) is 8.45. The molecule has 0 unspecified atom stereocenters. The molecule has 1 heterocycles. The van der Waals surface area contributed by atoms with Crippen LogP contribution in [0.4, 0.5) is 19.0 Å². The van der Waals surface area contributed by atoms with Crippen molar-refractivity contribution in [3.8, 4) is 0 Å². The van der Waals surface area contributed by atoms with Crippen LogP contribution in [-0.4, -0.2) is 31.7 Å². The maximum absolute atomic E-state index is 12.5. The molecule has 3 nitrogen and oxygen atoms in total. The van der Waals surface area contributed by atoms with Gasteiger partial charge in [0, 0.05) is 26.3 Å². The van der Waals surface area contributed by atoms with Gasteiger partial charge in [0.25, 0.3) is 0 Å². The Morgan fingerprint density at radius 2 is 2.06 bits per heavy atom. The van der Waals surface area contributed by atoms with E-state index in [2.05, 4.69) is 17.2 Å². The van der Waals surface area contributed by atoms with E-state index in [0.717, 1.165) is 31.6 Å². The van der Waals surface area contributed by atoms with Crippen LogP contribution >= 0.6 is 0 Å². The highest BCUT2D eigenvalue weighted by atomic mass is 19.4. The van der Waals surface area contributed by atoms with Crippen LogP contribution in [0.25, 0.3) is 0 Å². The lowest BCUT2D eigenvalue weighted by Crippen LogP contribution is -2.30. The second-order valence-electron chi connectivity index (χ2n) is 4.07. The molecule has 0 aliphatic carbocycles. The quantitative estimate of drug-likeness (QED) is 0.798. The van der Waals surface area contributed by atoms with Crippen molar-refractivity contribution in [2.24, 2.45) is 0 Å². The van der Waals surface area contributed by atoms with Gasteiger partial charge >= 0.3 is 6.18 Å². The molecular weight excluding hydrogens is 243 g/mol. The van der Waals surface area contributed by atoms with E-state index < -0.39 is 11.7 Å². The molecule has 6 heteroatoms. The first-order valence-corrected chi connectivity index (χ1v) is 5.90. The van der Waals surface area contributed by atoms with Crippen molar-refractivity contribution >= 4 is 5.82 Å². The Balaban J connectivity index is 2.60. The first-order valence-electron chi connectivity index (χ1n) is 5.90. The summed E-state index contributed by atoms with van der Waals surface area (Å²) in [6.07, 6.45) is -2.10. The Morgan fingerprint density at radius 3 is 2.67 bits per heavy atom. The van der Waals surface area contributed by atoms with Gasteiger partial charge in [-0.05, 0) is 25.1 Å². The van der Waals surface area contributed by atoms with Crippen molar-refractivity contribution in [1.29, 1.82) is 0 Å². The summed E-state index contributed by atoms with van der Waals surface area (Å²) in [6.45, 7) is 4.31. The molecule has 0 atom stereocenters. The number of hydrogen-bond acceptors (Lipinski definition) is 3. The van der Waals surface area contributed by atoms with E-state index in [-0.39, 0.29) is 0 Å². The SMILES string of the molecule is CCCNCCN(C)c1cc(C(F)(F)F)ccn1. The highest BCUT2D eigenvalue weighted by Crippen LogP contribution is 2.30. The predicted octanol–water partition coefficient (Wildman–Crippen LogP) is 2.54. The molecule has 0 saturated heterocycles. The molecule has 0 fully saturated rings. The third-order valence-corrected chi connectivity index (χ3v) is 2.51. The van der Waals surface area contributed by atoms with Crippen LogP contribution in [0.15, 0.2) is 18.3 Å². The molecule has 0 aliphatic heterocycles. The second kappa shape index (κ2) is 6.58. The van der Waals surface area contributed by atoms with Gasteiger partial charge in [0.1, 0.15) is 5.82 Å². The summed E-state index contributed by atoms with van der Waals surface area (Å²) in [4.78, 5) is 5.66. The molecule has 0 saturated carbocycles. The Labute approximate surface area is 105 Å². The van der Waals surface area contributed by atoms with Crippen LogP contribution in [0.3, 0.4) is 0 Å². The van der Waals surface area contributed by atoms with Gasteiger partial charge in [-0.25, -0.2) is 4.98 Å². The lowest BCUT2D eigenvalue weighted by molar-refractivity contribution is -0.137. The van der Waals surface area contributed by atoms with E-state index in [9.17, 15) is 13.2 Å². The maximum Gasteiger partial charge on any atom is 0.416 e. The molecule has 0 radical (unpaired) electrons.